The molecule has 0 amide bonds. The molecule has 0 bridgehead atoms. The van der Waals surface area contributed by atoms with E-state index >= 15 is 0 Å². The molecule has 6 heteroatoms. The number of esters is 1. The summed E-state index contributed by atoms with van der Waals surface area (Å²) in [4.78, 5) is 16.0. The quantitative estimate of drug-likeness (QED) is 0.300. The number of aryl methyl sites for hydroxylation is 1. The minimum absolute atomic E-state index is 0.247. The largest absolute Gasteiger partial charge is 0.465 e. The van der Waals surface area contributed by atoms with Crippen molar-refractivity contribution in [2.24, 2.45) is 0 Å². The van der Waals surface area contributed by atoms with Gasteiger partial charge in [-0.25, -0.2) is 4.79 Å². The molecule has 27 heavy (non-hydrogen) atoms. The molecule has 0 unspecified atom stereocenters. The monoisotopic (exact) mass is 410 g/mol. The van der Waals surface area contributed by atoms with Gasteiger partial charge in [0, 0.05) is 18.0 Å². The van der Waals surface area contributed by atoms with Crippen LogP contribution in [0.2, 0.25) is 0 Å². The highest BCUT2D eigenvalue weighted by atomic mass is 32.1. The fourth-order valence-electron chi connectivity index (χ4n) is 3.57. The first-order valence-corrected chi connectivity index (χ1v) is 11.6. The molecule has 0 fully saturated rings. The van der Waals surface area contributed by atoms with E-state index in [1.165, 1.54) is 49.7 Å². The van der Waals surface area contributed by atoms with Gasteiger partial charge in [-0.2, -0.15) is 0 Å². The Labute approximate surface area is 173 Å². The van der Waals surface area contributed by atoms with Crippen LogP contribution in [0.4, 0.5) is 5.00 Å². The number of methoxy groups -OCH3 is 1. The normalized spacial score (nSPS) is 13.1. The molecule has 0 aliphatic heterocycles. The fourth-order valence-corrected chi connectivity index (χ4v) is 5.19. The maximum Gasteiger partial charge on any atom is 0.341 e. The fraction of sp³-hybridized carbons (Fsp3) is 0.714. The molecule has 0 saturated carbocycles. The highest BCUT2D eigenvalue weighted by Crippen LogP contribution is 2.38. The minimum atomic E-state index is -0.247. The van der Waals surface area contributed by atoms with Crippen LogP contribution in [0.3, 0.4) is 0 Å². The van der Waals surface area contributed by atoms with E-state index in [1.54, 1.807) is 11.3 Å². The number of carbonyl (C=O) groups is 1. The Morgan fingerprint density at radius 1 is 1.11 bits per heavy atom. The first kappa shape index (κ1) is 22.2. The van der Waals surface area contributed by atoms with Gasteiger partial charge in [0.15, 0.2) is 5.11 Å². The van der Waals surface area contributed by atoms with Crippen LogP contribution in [0.5, 0.6) is 0 Å². The number of carbonyl (C=O) groups excluding carboxylic acids is 1. The molecule has 1 heterocycles. The van der Waals surface area contributed by atoms with E-state index in [2.05, 4.69) is 24.1 Å². The summed E-state index contributed by atoms with van der Waals surface area (Å²) in [5.41, 5.74) is 1.88. The smallest absolute Gasteiger partial charge is 0.341 e. The van der Waals surface area contributed by atoms with Crippen molar-refractivity contribution in [2.75, 3.05) is 25.5 Å². The maximum absolute atomic E-state index is 12.4. The molecule has 1 N–H and O–H groups in total. The SMILES string of the molecule is CCCCCN(CCCCC)C(=S)Nc1sc2c(c1C(=O)OC)CCCC2. The standard InChI is InChI=1S/C21H34N2O2S2/c1-4-6-10-14-23(15-11-7-5-2)21(26)22-19-18(20(24)25-3)16-12-8-9-13-17(16)27-19/h4-15H2,1-3H3,(H,22,26). The zero-order valence-electron chi connectivity index (χ0n) is 17.1. The summed E-state index contributed by atoms with van der Waals surface area (Å²) in [5, 5.41) is 5.02. The second kappa shape index (κ2) is 11.6. The van der Waals surface area contributed by atoms with Crippen molar-refractivity contribution in [3.8, 4) is 0 Å². The van der Waals surface area contributed by atoms with Crippen molar-refractivity contribution in [1.82, 2.24) is 4.90 Å². The third kappa shape index (κ3) is 6.18. The van der Waals surface area contributed by atoms with Crippen LogP contribution in [0, 0.1) is 0 Å². The number of thiophene rings is 1. The van der Waals surface area contributed by atoms with E-state index in [1.807, 2.05) is 0 Å². The molecule has 2 rings (SSSR count). The van der Waals surface area contributed by atoms with Crippen LogP contribution in [0.1, 0.15) is 86.0 Å². The lowest BCUT2D eigenvalue weighted by atomic mass is 9.95. The number of hydrogen-bond donors (Lipinski definition) is 1. The number of fused-ring (bicyclic) bond motifs is 1. The summed E-state index contributed by atoms with van der Waals surface area (Å²) in [6.45, 7) is 6.39. The van der Waals surface area contributed by atoms with Gasteiger partial charge in [-0.05, 0) is 56.3 Å². The Bertz CT molecular complexity index is 618. The second-order valence-corrected chi connectivity index (χ2v) is 8.73. The van der Waals surface area contributed by atoms with Gasteiger partial charge in [-0.15, -0.1) is 11.3 Å². The number of nitrogens with zero attached hydrogens (tertiary/aromatic N) is 1. The number of rotatable bonds is 10. The molecule has 1 aliphatic rings. The molecule has 0 spiro atoms. The number of nitrogens with one attached hydrogen (secondary N) is 1. The van der Waals surface area contributed by atoms with Crippen molar-refractivity contribution >= 4 is 39.6 Å². The number of anilines is 1. The van der Waals surface area contributed by atoms with Gasteiger partial charge in [-0.1, -0.05) is 39.5 Å². The highest BCUT2D eigenvalue weighted by molar-refractivity contribution is 7.80. The predicted molar refractivity (Wildman–Crippen MR) is 119 cm³/mol. The zero-order valence-corrected chi connectivity index (χ0v) is 18.7. The summed E-state index contributed by atoms with van der Waals surface area (Å²) in [7, 11) is 1.46. The van der Waals surface area contributed by atoms with Gasteiger partial charge in [0.25, 0.3) is 0 Å². The van der Waals surface area contributed by atoms with E-state index in [-0.39, 0.29) is 5.97 Å². The molecular weight excluding hydrogens is 376 g/mol. The average Bonchev–Trinajstić information content (AvgIpc) is 3.04. The molecule has 1 aromatic heterocycles. The lowest BCUT2D eigenvalue weighted by molar-refractivity contribution is 0.0601. The van der Waals surface area contributed by atoms with Gasteiger partial charge < -0.3 is 15.0 Å². The maximum atomic E-state index is 12.4. The van der Waals surface area contributed by atoms with Crippen LogP contribution in [0.15, 0.2) is 0 Å². The van der Waals surface area contributed by atoms with Crippen molar-refractivity contribution in [3.05, 3.63) is 16.0 Å². The van der Waals surface area contributed by atoms with Crippen molar-refractivity contribution in [1.29, 1.82) is 0 Å². The van der Waals surface area contributed by atoms with E-state index in [0.29, 0.717) is 5.56 Å². The highest BCUT2D eigenvalue weighted by Gasteiger charge is 2.27. The molecule has 0 radical (unpaired) electrons. The van der Waals surface area contributed by atoms with Gasteiger partial charge >= 0.3 is 5.97 Å². The van der Waals surface area contributed by atoms with Gasteiger partial charge in [0.2, 0.25) is 0 Å². The van der Waals surface area contributed by atoms with Crippen molar-refractivity contribution in [3.63, 3.8) is 0 Å². The molecule has 0 atom stereocenters. The van der Waals surface area contributed by atoms with Crippen LogP contribution in [-0.4, -0.2) is 36.2 Å². The Balaban J connectivity index is 2.15. The summed E-state index contributed by atoms with van der Waals surface area (Å²) in [5.74, 6) is -0.247. The summed E-state index contributed by atoms with van der Waals surface area (Å²) in [6, 6.07) is 0. The van der Waals surface area contributed by atoms with Gasteiger partial charge in [-0.3, -0.25) is 0 Å². The summed E-state index contributed by atoms with van der Waals surface area (Å²) in [6.07, 6.45) is 11.5. The van der Waals surface area contributed by atoms with E-state index in [0.717, 1.165) is 55.3 Å². The van der Waals surface area contributed by atoms with Crippen LogP contribution in [-0.2, 0) is 17.6 Å². The number of unbranched alkanes of at least 4 members (excludes halogenated alkanes) is 4. The Hall–Kier alpha value is -1.14. The van der Waals surface area contributed by atoms with Crippen LogP contribution >= 0.6 is 23.6 Å². The Kier molecular flexibility index (Phi) is 9.56. The molecular formula is C21H34N2O2S2. The van der Waals surface area contributed by atoms with E-state index in [9.17, 15) is 4.79 Å². The third-order valence-corrected chi connectivity index (χ3v) is 6.70. The lowest BCUT2D eigenvalue weighted by Crippen LogP contribution is -2.36. The predicted octanol–water partition coefficient (Wildman–Crippen LogP) is 5.79. The third-order valence-electron chi connectivity index (χ3n) is 5.13. The number of thiocarbonyl (C=S) groups is 1. The van der Waals surface area contributed by atoms with E-state index in [4.69, 9.17) is 17.0 Å². The number of hydrogen-bond acceptors (Lipinski definition) is 4. The lowest BCUT2D eigenvalue weighted by Gasteiger charge is -2.26. The molecule has 0 aromatic carbocycles. The van der Waals surface area contributed by atoms with Crippen molar-refractivity contribution < 1.29 is 9.53 Å². The van der Waals surface area contributed by atoms with Crippen LogP contribution < -0.4 is 5.32 Å². The number of ether oxygens (including phenoxy) is 1. The Morgan fingerprint density at radius 2 is 1.74 bits per heavy atom. The first-order valence-electron chi connectivity index (χ1n) is 10.4. The van der Waals surface area contributed by atoms with Crippen LogP contribution in [0.25, 0.3) is 0 Å². The van der Waals surface area contributed by atoms with Gasteiger partial charge in [0.05, 0.1) is 12.7 Å². The van der Waals surface area contributed by atoms with Gasteiger partial charge in [0.1, 0.15) is 5.00 Å². The molecule has 0 saturated heterocycles. The molecule has 4 nitrogen and oxygen atoms in total. The second-order valence-electron chi connectivity index (χ2n) is 7.24. The Morgan fingerprint density at radius 3 is 2.33 bits per heavy atom. The molecule has 152 valence electrons. The van der Waals surface area contributed by atoms with Crippen molar-refractivity contribution in [2.45, 2.75) is 78.1 Å². The topological polar surface area (TPSA) is 41.6 Å². The molecule has 1 aromatic rings. The minimum Gasteiger partial charge on any atom is -0.465 e. The average molecular weight is 411 g/mol. The summed E-state index contributed by atoms with van der Waals surface area (Å²) < 4.78 is 5.07. The van der Waals surface area contributed by atoms with E-state index < -0.39 is 0 Å². The molecule has 1 aliphatic carbocycles. The summed E-state index contributed by atoms with van der Waals surface area (Å²) >= 11 is 7.43. The first-order chi connectivity index (χ1) is 13.1. The zero-order chi connectivity index (χ0) is 19.6.